The number of aromatic nitrogens is 1. The fraction of sp³-hybridized carbons (Fsp3) is 0.812. The fourth-order valence-electron chi connectivity index (χ4n) is 3.41. The van der Waals surface area contributed by atoms with Gasteiger partial charge in [0.1, 0.15) is 5.76 Å². The van der Waals surface area contributed by atoms with Gasteiger partial charge in [0.15, 0.2) is 5.89 Å². The number of ether oxygens (including phenoxy) is 1. The molecule has 0 N–H and O–H groups in total. The molecule has 0 atom stereocenters. The van der Waals surface area contributed by atoms with Crippen LogP contribution in [0.1, 0.15) is 30.2 Å². The van der Waals surface area contributed by atoms with Crippen molar-refractivity contribution in [3.05, 3.63) is 17.3 Å². The first-order valence-electron chi connectivity index (χ1n) is 8.16. The Kier molecular flexibility index (Phi) is 4.93. The van der Waals surface area contributed by atoms with Crippen molar-refractivity contribution in [3.8, 4) is 0 Å². The molecule has 0 unspecified atom stereocenters. The standard InChI is InChI=1S/C16H27N3O2/c1-13-16(17-14(2)21-13)12-18-5-3-15(4-6-18)11-19-7-9-20-10-8-19/h15H,3-12H2,1-2H3. The third-order valence-electron chi connectivity index (χ3n) is 4.70. The normalized spacial score (nSPS) is 22.8. The molecule has 0 radical (unpaired) electrons. The monoisotopic (exact) mass is 293 g/mol. The lowest BCUT2D eigenvalue weighted by atomic mass is 9.96. The maximum absolute atomic E-state index is 5.52. The lowest BCUT2D eigenvalue weighted by Crippen LogP contribution is -2.42. The average molecular weight is 293 g/mol. The van der Waals surface area contributed by atoms with Crippen LogP contribution in [-0.4, -0.2) is 60.7 Å². The minimum absolute atomic E-state index is 0.782. The molecular formula is C16H27N3O2. The summed E-state index contributed by atoms with van der Waals surface area (Å²) in [6.45, 7) is 12.5. The Morgan fingerprint density at radius 2 is 1.76 bits per heavy atom. The minimum Gasteiger partial charge on any atom is -0.446 e. The van der Waals surface area contributed by atoms with E-state index in [1.807, 2.05) is 13.8 Å². The van der Waals surface area contributed by atoms with Gasteiger partial charge in [-0.25, -0.2) is 4.98 Å². The Balaban J connectivity index is 1.43. The Labute approximate surface area is 127 Å². The van der Waals surface area contributed by atoms with E-state index >= 15 is 0 Å². The summed E-state index contributed by atoms with van der Waals surface area (Å²) in [5, 5.41) is 0. The van der Waals surface area contributed by atoms with Gasteiger partial charge in [0.05, 0.1) is 18.9 Å². The van der Waals surface area contributed by atoms with Gasteiger partial charge in [-0.1, -0.05) is 0 Å². The van der Waals surface area contributed by atoms with Crippen LogP contribution in [0.15, 0.2) is 4.42 Å². The van der Waals surface area contributed by atoms with E-state index in [4.69, 9.17) is 9.15 Å². The van der Waals surface area contributed by atoms with E-state index in [1.165, 1.54) is 32.5 Å². The number of nitrogens with zero attached hydrogens (tertiary/aromatic N) is 3. The number of rotatable bonds is 4. The van der Waals surface area contributed by atoms with E-state index < -0.39 is 0 Å². The Bertz CT molecular complexity index is 446. The smallest absolute Gasteiger partial charge is 0.191 e. The number of morpholine rings is 1. The molecule has 0 aliphatic carbocycles. The highest BCUT2D eigenvalue weighted by molar-refractivity contribution is 5.07. The third kappa shape index (κ3) is 4.05. The van der Waals surface area contributed by atoms with Crippen molar-refractivity contribution in [2.24, 2.45) is 5.92 Å². The maximum atomic E-state index is 5.52. The zero-order valence-electron chi connectivity index (χ0n) is 13.3. The molecule has 5 nitrogen and oxygen atoms in total. The minimum atomic E-state index is 0.782. The van der Waals surface area contributed by atoms with Crippen molar-refractivity contribution >= 4 is 0 Å². The van der Waals surface area contributed by atoms with E-state index in [-0.39, 0.29) is 0 Å². The van der Waals surface area contributed by atoms with Gasteiger partial charge in [-0.3, -0.25) is 9.80 Å². The molecule has 0 aromatic carbocycles. The highest BCUT2D eigenvalue weighted by Crippen LogP contribution is 2.21. The van der Waals surface area contributed by atoms with Crippen LogP contribution in [0.4, 0.5) is 0 Å². The summed E-state index contributed by atoms with van der Waals surface area (Å²) in [7, 11) is 0. The molecule has 1 aromatic heterocycles. The highest BCUT2D eigenvalue weighted by atomic mass is 16.5. The zero-order chi connectivity index (χ0) is 14.7. The molecular weight excluding hydrogens is 266 g/mol. The molecule has 3 rings (SSSR count). The molecule has 0 bridgehead atoms. The second kappa shape index (κ2) is 6.90. The molecule has 1 aromatic rings. The molecule has 118 valence electrons. The van der Waals surface area contributed by atoms with Crippen LogP contribution in [0.3, 0.4) is 0 Å². The third-order valence-corrected chi connectivity index (χ3v) is 4.70. The number of hydrogen-bond acceptors (Lipinski definition) is 5. The molecule has 21 heavy (non-hydrogen) atoms. The van der Waals surface area contributed by atoms with Gasteiger partial charge in [-0.2, -0.15) is 0 Å². The van der Waals surface area contributed by atoms with Crippen molar-refractivity contribution in [1.29, 1.82) is 0 Å². The van der Waals surface area contributed by atoms with Gasteiger partial charge in [-0.05, 0) is 38.8 Å². The summed E-state index contributed by atoms with van der Waals surface area (Å²) in [6.07, 6.45) is 2.60. The van der Waals surface area contributed by atoms with E-state index in [1.54, 1.807) is 0 Å². The lowest BCUT2D eigenvalue weighted by molar-refractivity contribution is 0.0241. The van der Waals surface area contributed by atoms with Crippen molar-refractivity contribution in [1.82, 2.24) is 14.8 Å². The van der Waals surface area contributed by atoms with Crippen molar-refractivity contribution in [3.63, 3.8) is 0 Å². The second-order valence-electron chi connectivity index (χ2n) is 6.37. The summed E-state index contributed by atoms with van der Waals surface area (Å²) in [6, 6.07) is 0. The van der Waals surface area contributed by atoms with Gasteiger partial charge in [-0.15, -0.1) is 0 Å². The van der Waals surface area contributed by atoms with E-state index in [2.05, 4.69) is 14.8 Å². The average Bonchev–Trinajstić information content (AvgIpc) is 2.80. The van der Waals surface area contributed by atoms with Gasteiger partial charge in [0.25, 0.3) is 0 Å². The Morgan fingerprint density at radius 1 is 1.05 bits per heavy atom. The number of hydrogen-bond donors (Lipinski definition) is 0. The Hall–Kier alpha value is -0.910. The molecule has 3 heterocycles. The Morgan fingerprint density at radius 3 is 2.38 bits per heavy atom. The summed E-state index contributed by atoms with van der Waals surface area (Å²) >= 11 is 0. The first kappa shape index (κ1) is 15.0. The topological polar surface area (TPSA) is 41.7 Å². The van der Waals surface area contributed by atoms with Gasteiger partial charge < -0.3 is 9.15 Å². The van der Waals surface area contributed by atoms with Crippen LogP contribution in [0, 0.1) is 19.8 Å². The molecule has 0 spiro atoms. The first-order valence-corrected chi connectivity index (χ1v) is 8.16. The second-order valence-corrected chi connectivity index (χ2v) is 6.37. The molecule has 5 heteroatoms. The number of piperidine rings is 1. The summed E-state index contributed by atoms with van der Waals surface area (Å²) in [4.78, 5) is 9.56. The number of oxazole rings is 1. The van der Waals surface area contributed by atoms with Crippen LogP contribution in [-0.2, 0) is 11.3 Å². The van der Waals surface area contributed by atoms with E-state index in [0.717, 1.165) is 56.1 Å². The molecule has 2 fully saturated rings. The largest absolute Gasteiger partial charge is 0.446 e. The van der Waals surface area contributed by atoms with E-state index in [9.17, 15) is 0 Å². The molecule has 2 aliphatic heterocycles. The molecule has 0 saturated carbocycles. The van der Waals surface area contributed by atoms with Gasteiger partial charge in [0, 0.05) is 33.1 Å². The van der Waals surface area contributed by atoms with E-state index in [0.29, 0.717) is 0 Å². The van der Waals surface area contributed by atoms with Gasteiger partial charge in [0.2, 0.25) is 0 Å². The van der Waals surface area contributed by atoms with Gasteiger partial charge >= 0.3 is 0 Å². The lowest BCUT2D eigenvalue weighted by Gasteiger charge is -2.35. The summed E-state index contributed by atoms with van der Waals surface area (Å²) in [5.74, 6) is 2.60. The first-order chi connectivity index (χ1) is 10.2. The van der Waals surface area contributed by atoms with Crippen molar-refractivity contribution < 1.29 is 9.15 Å². The van der Waals surface area contributed by atoms with Crippen molar-refractivity contribution in [2.45, 2.75) is 33.2 Å². The van der Waals surface area contributed by atoms with Crippen LogP contribution in [0.25, 0.3) is 0 Å². The predicted octanol–water partition coefficient (Wildman–Crippen LogP) is 1.84. The molecule has 0 amide bonds. The van der Waals surface area contributed by atoms with Crippen LogP contribution >= 0.6 is 0 Å². The highest BCUT2D eigenvalue weighted by Gasteiger charge is 2.23. The fourth-order valence-corrected chi connectivity index (χ4v) is 3.41. The predicted molar refractivity (Wildman–Crippen MR) is 81.2 cm³/mol. The quantitative estimate of drug-likeness (QED) is 0.847. The van der Waals surface area contributed by atoms with Crippen molar-refractivity contribution in [2.75, 3.05) is 45.9 Å². The SMILES string of the molecule is Cc1nc(CN2CCC(CN3CCOCC3)CC2)c(C)o1. The number of aryl methyl sites for hydroxylation is 2. The van der Waals surface area contributed by atoms with Crippen LogP contribution < -0.4 is 0 Å². The molecule has 2 aliphatic rings. The number of likely N-dealkylation sites (tertiary alicyclic amines) is 1. The zero-order valence-corrected chi connectivity index (χ0v) is 13.3. The maximum Gasteiger partial charge on any atom is 0.191 e. The summed E-state index contributed by atoms with van der Waals surface area (Å²) < 4.78 is 10.9. The van der Waals surface area contributed by atoms with Crippen LogP contribution in [0.5, 0.6) is 0 Å². The molecule has 2 saturated heterocycles. The summed E-state index contributed by atoms with van der Waals surface area (Å²) in [5.41, 5.74) is 1.11. The van der Waals surface area contributed by atoms with Crippen LogP contribution in [0.2, 0.25) is 0 Å².